The quantitative estimate of drug-likeness (QED) is 0.849. The third-order valence-electron chi connectivity index (χ3n) is 2.55. The molecule has 0 aliphatic heterocycles. The van der Waals surface area contributed by atoms with Gasteiger partial charge in [0.25, 0.3) is 0 Å². The Kier molecular flexibility index (Phi) is 3.10. The zero-order valence-corrected chi connectivity index (χ0v) is 9.13. The van der Waals surface area contributed by atoms with E-state index in [2.05, 4.69) is 0 Å². The molecule has 0 radical (unpaired) electrons. The fourth-order valence-corrected chi connectivity index (χ4v) is 1.75. The fraction of sp³-hybridized carbons (Fsp3) is 0.0714. The van der Waals surface area contributed by atoms with Gasteiger partial charge in [0.1, 0.15) is 5.75 Å². The minimum Gasteiger partial charge on any atom is -0.507 e. The summed E-state index contributed by atoms with van der Waals surface area (Å²) in [6.45, 7) is 0. The monoisotopic (exact) mass is 228 g/mol. The van der Waals surface area contributed by atoms with Crippen LogP contribution in [0.4, 0.5) is 0 Å². The second-order valence-electron chi connectivity index (χ2n) is 3.75. The lowest BCUT2D eigenvalue weighted by atomic mass is 10.00. The van der Waals surface area contributed by atoms with Gasteiger partial charge in [-0.15, -0.1) is 0 Å². The molecular formula is C14H12O3. The van der Waals surface area contributed by atoms with E-state index in [0.29, 0.717) is 11.1 Å². The van der Waals surface area contributed by atoms with Crippen molar-refractivity contribution >= 4 is 5.97 Å². The van der Waals surface area contributed by atoms with Gasteiger partial charge in [0, 0.05) is 11.1 Å². The standard InChI is InChI=1S/C14H12O3/c15-13(16)9-11-7-4-8-12(14(11)17)10-5-2-1-3-6-10/h1-8,17H,9H2,(H,15,16). The van der Waals surface area contributed by atoms with Gasteiger partial charge in [0.2, 0.25) is 0 Å². The van der Waals surface area contributed by atoms with Gasteiger partial charge in [0.15, 0.2) is 0 Å². The third kappa shape index (κ3) is 2.45. The predicted octanol–water partition coefficient (Wildman–Crippen LogP) is 2.69. The zero-order valence-electron chi connectivity index (χ0n) is 9.13. The van der Waals surface area contributed by atoms with Gasteiger partial charge in [-0.25, -0.2) is 0 Å². The molecule has 2 N–H and O–H groups in total. The lowest BCUT2D eigenvalue weighted by Crippen LogP contribution is -2.00. The minimum atomic E-state index is -0.953. The summed E-state index contributed by atoms with van der Waals surface area (Å²) in [5.74, 6) is -0.911. The number of aliphatic carboxylic acids is 1. The number of phenolic OH excluding ortho intramolecular Hbond substituents is 1. The van der Waals surface area contributed by atoms with Crippen molar-refractivity contribution in [2.24, 2.45) is 0 Å². The Morgan fingerprint density at radius 2 is 1.71 bits per heavy atom. The third-order valence-corrected chi connectivity index (χ3v) is 2.55. The van der Waals surface area contributed by atoms with E-state index in [1.165, 1.54) is 0 Å². The molecule has 86 valence electrons. The molecule has 0 unspecified atom stereocenters. The molecule has 0 saturated heterocycles. The van der Waals surface area contributed by atoms with Gasteiger partial charge in [-0.05, 0) is 5.56 Å². The highest BCUT2D eigenvalue weighted by atomic mass is 16.4. The van der Waals surface area contributed by atoms with Gasteiger partial charge in [-0.2, -0.15) is 0 Å². The van der Waals surface area contributed by atoms with Crippen LogP contribution in [0.1, 0.15) is 5.56 Å². The van der Waals surface area contributed by atoms with Crippen LogP contribution in [0.25, 0.3) is 11.1 Å². The number of hydrogen-bond acceptors (Lipinski definition) is 2. The molecule has 0 amide bonds. The first-order valence-corrected chi connectivity index (χ1v) is 5.26. The first-order valence-electron chi connectivity index (χ1n) is 5.26. The van der Waals surface area contributed by atoms with Crippen LogP contribution in [0.5, 0.6) is 5.75 Å². The van der Waals surface area contributed by atoms with Crippen LogP contribution in [0, 0.1) is 0 Å². The topological polar surface area (TPSA) is 57.5 Å². The van der Waals surface area contributed by atoms with E-state index in [0.717, 1.165) is 5.56 Å². The second kappa shape index (κ2) is 4.70. The van der Waals surface area contributed by atoms with E-state index in [1.54, 1.807) is 18.2 Å². The Balaban J connectivity index is 2.46. The maximum atomic E-state index is 10.7. The molecule has 0 aliphatic carbocycles. The maximum absolute atomic E-state index is 10.7. The molecule has 3 nitrogen and oxygen atoms in total. The summed E-state index contributed by atoms with van der Waals surface area (Å²) in [7, 11) is 0. The number of carbonyl (C=O) groups is 1. The number of phenols is 1. The van der Waals surface area contributed by atoms with E-state index in [-0.39, 0.29) is 12.2 Å². The van der Waals surface area contributed by atoms with Gasteiger partial charge in [-0.3, -0.25) is 4.79 Å². The van der Waals surface area contributed by atoms with E-state index in [4.69, 9.17) is 5.11 Å². The Morgan fingerprint density at radius 3 is 2.35 bits per heavy atom. The van der Waals surface area contributed by atoms with Crippen LogP contribution >= 0.6 is 0 Å². The number of aromatic hydroxyl groups is 1. The zero-order chi connectivity index (χ0) is 12.3. The van der Waals surface area contributed by atoms with E-state index >= 15 is 0 Å². The molecule has 0 bridgehead atoms. The van der Waals surface area contributed by atoms with Crippen LogP contribution in [0.3, 0.4) is 0 Å². The highest BCUT2D eigenvalue weighted by Crippen LogP contribution is 2.32. The SMILES string of the molecule is O=C(O)Cc1cccc(-c2ccccc2)c1O. The van der Waals surface area contributed by atoms with Crippen LogP contribution in [0.15, 0.2) is 48.5 Å². The summed E-state index contributed by atoms with van der Waals surface area (Å²) < 4.78 is 0. The van der Waals surface area contributed by atoms with Crippen molar-refractivity contribution in [3.05, 3.63) is 54.1 Å². The summed E-state index contributed by atoms with van der Waals surface area (Å²) >= 11 is 0. The van der Waals surface area contributed by atoms with Crippen LogP contribution < -0.4 is 0 Å². The van der Waals surface area contributed by atoms with Crippen LogP contribution in [-0.2, 0) is 11.2 Å². The minimum absolute atomic E-state index is 0.0427. The van der Waals surface area contributed by atoms with Crippen molar-refractivity contribution < 1.29 is 15.0 Å². The second-order valence-corrected chi connectivity index (χ2v) is 3.75. The number of para-hydroxylation sites is 1. The average molecular weight is 228 g/mol. The average Bonchev–Trinajstić information content (AvgIpc) is 2.32. The summed E-state index contributed by atoms with van der Waals surface area (Å²) in [6.07, 6.45) is -0.174. The van der Waals surface area contributed by atoms with Crippen LogP contribution in [-0.4, -0.2) is 16.2 Å². The molecule has 2 aromatic carbocycles. The molecule has 0 fully saturated rings. The number of carboxylic acid groups (broad SMARTS) is 1. The summed E-state index contributed by atoms with van der Waals surface area (Å²) in [5, 5.41) is 18.8. The van der Waals surface area contributed by atoms with Crippen molar-refractivity contribution in [1.82, 2.24) is 0 Å². The Hall–Kier alpha value is -2.29. The highest BCUT2D eigenvalue weighted by molar-refractivity contribution is 5.76. The molecule has 3 heteroatoms. The summed E-state index contributed by atoms with van der Waals surface area (Å²) in [5.41, 5.74) is 1.96. The number of rotatable bonds is 3. The van der Waals surface area contributed by atoms with Gasteiger partial charge >= 0.3 is 5.97 Å². The number of benzene rings is 2. The molecule has 0 aromatic heterocycles. The van der Waals surface area contributed by atoms with Crippen molar-refractivity contribution in [3.8, 4) is 16.9 Å². The molecule has 0 spiro atoms. The first kappa shape index (κ1) is 11.2. The Labute approximate surface area is 99.0 Å². The van der Waals surface area contributed by atoms with Crippen molar-refractivity contribution in [1.29, 1.82) is 0 Å². The van der Waals surface area contributed by atoms with E-state index < -0.39 is 5.97 Å². The predicted molar refractivity (Wildman–Crippen MR) is 64.9 cm³/mol. The highest BCUT2D eigenvalue weighted by Gasteiger charge is 2.10. The van der Waals surface area contributed by atoms with Gasteiger partial charge in [0.05, 0.1) is 6.42 Å². The smallest absolute Gasteiger partial charge is 0.307 e. The molecule has 2 aromatic rings. The van der Waals surface area contributed by atoms with Crippen LogP contribution in [0.2, 0.25) is 0 Å². The molecule has 0 saturated carbocycles. The molecule has 17 heavy (non-hydrogen) atoms. The largest absolute Gasteiger partial charge is 0.507 e. The number of hydrogen-bond donors (Lipinski definition) is 2. The maximum Gasteiger partial charge on any atom is 0.307 e. The normalized spacial score (nSPS) is 10.1. The van der Waals surface area contributed by atoms with E-state index in [1.807, 2.05) is 30.3 Å². The molecular weight excluding hydrogens is 216 g/mol. The lowest BCUT2D eigenvalue weighted by molar-refractivity contribution is -0.136. The molecule has 0 atom stereocenters. The lowest BCUT2D eigenvalue weighted by Gasteiger charge is -2.08. The molecule has 2 rings (SSSR count). The van der Waals surface area contributed by atoms with Crippen molar-refractivity contribution in [2.45, 2.75) is 6.42 Å². The van der Waals surface area contributed by atoms with Crippen molar-refractivity contribution in [2.75, 3.05) is 0 Å². The first-order chi connectivity index (χ1) is 8.18. The summed E-state index contributed by atoms with van der Waals surface area (Å²) in [4.78, 5) is 10.7. The summed E-state index contributed by atoms with van der Waals surface area (Å²) in [6, 6.07) is 14.5. The molecule has 0 aliphatic rings. The van der Waals surface area contributed by atoms with Crippen molar-refractivity contribution in [3.63, 3.8) is 0 Å². The number of carboxylic acids is 1. The van der Waals surface area contributed by atoms with Gasteiger partial charge in [-0.1, -0.05) is 48.5 Å². The fourth-order valence-electron chi connectivity index (χ4n) is 1.75. The van der Waals surface area contributed by atoms with E-state index in [9.17, 15) is 9.90 Å². The molecule has 0 heterocycles. The van der Waals surface area contributed by atoms with Gasteiger partial charge < -0.3 is 10.2 Å². The Morgan fingerprint density at radius 1 is 1.00 bits per heavy atom. The Bertz CT molecular complexity index is 532.